The van der Waals surface area contributed by atoms with Gasteiger partial charge in [0.25, 0.3) is 5.69 Å². The van der Waals surface area contributed by atoms with Crippen LogP contribution in [0.3, 0.4) is 0 Å². The first-order valence-corrected chi connectivity index (χ1v) is 8.98. The first kappa shape index (κ1) is 14.6. The lowest BCUT2D eigenvalue weighted by molar-refractivity contribution is -0.384. The van der Waals surface area contributed by atoms with E-state index in [1.807, 2.05) is 0 Å². The lowest BCUT2D eigenvalue weighted by Crippen LogP contribution is -2.51. The third kappa shape index (κ3) is 2.14. The zero-order valence-corrected chi connectivity index (χ0v) is 13.5. The molecule has 4 aliphatic carbocycles. The fourth-order valence-electron chi connectivity index (χ4n) is 6.07. The van der Waals surface area contributed by atoms with Crippen LogP contribution in [0.15, 0.2) is 24.3 Å². The van der Waals surface area contributed by atoms with Crippen molar-refractivity contribution in [1.82, 2.24) is 0 Å². The van der Waals surface area contributed by atoms with Gasteiger partial charge in [0.2, 0.25) is 0 Å². The summed E-state index contributed by atoms with van der Waals surface area (Å²) in [6, 6.07) is 6.41. The zero-order chi connectivity index (χ0) is 16.5. The molecule has 4 saturated carbocycles. The van der Waals surface area contributed by atoms with Crippen molar-refractivity contribution in [3.05, 3.63) is 39.9 Å². The molecule has 0 aromatic heterocycles. The number of nitro benzene ring substituents is 1. The van der Waals surface area contributed by atoms with Crippen molar-refractivity contribution in [2.75, 3.05) is 0 Å². The number of ketones is 1. The summed E-state index contributed by atoms with van der Waals surface area (Å²) < 4.78 is 5.74. The highest BCUT2D eigenvalue weighted by atomic mass is 16.6. The Hall–Kier alpha value is -1.75. The molecule has 1 aromatic rings. The Kier molecular flexibility index (Phi) is 2.97. The first-order valence-electron chi connectivity index (χ1n) is 8.98. The molecular formula is C19H21NO4. The number of carbonyl (C=O) groups excluding carboxylic acids is 1. The molecule has 1 aliphatic heterocycles. The van der Waals surface area contributed by atoms with E-state index in [-0.39, 0.29) is 23.3 Å². The zero-order valence-electron chi connectivity index (χ0n) is 13.5. The minimum absolute atomic E-state index is 0.0726. The van der Waals surface area contributed by atoms with Crippen molar-refractivity contribution in [3.8, 4) is 0 Å². The summed E-state index contributed by atoms with van der Waals surface area (Å²) in [6.45, 7) is 0. The SMILES string of the molecule is O=C([C@H]1O[C@H]1c1ccc([N+](=O)[O-])cc1)C12CC3CC(CC(C3)C1)C2. The molecule has 5 heteroatoms. The highest BCUT2D eigenvalue weighted by Gasteiger charge is 2.60. The molecule has 6 rings (SSSR count). The van der Waals surface area contributed by atoms with E-state index in [4.69, 9.17) is 4.74 Å². The summed E-state index contributed by atoms with van der Waals surface area (Å²) in [6.07, 6.45) is 6.62. The molecule has 2 atom stereocenters. The summed E-state index contributed by atoms with van der Waals surface area (Å²) in [4.78, 5) is 23.5. The van der Waals surface area contributed by atoms with E-state index in [1.165, 1.54) is 31.4 Å². The molecular weight excluding hydrogens is 306 g/mol. The van der Waals surface area contributed by atoms with Crippen molar-refractivity contribution in [1.29, 1.82) is 0 Å². The molecule has 0 unspecified atom stereocenters. The Morgan fingerprint density at radius 2 is 1.58 bits per heavy atom. The number of Topliss-reactive ketones (excluding diaryl/α,β-unsaturated/α-hetero) is 1. The number of nitro groups is 1. The lowest BCUT2D eigenvalue weighted by atomic mass is 9.48. The standard InChI is InChI=1S/C19H21NO4/c21-18(19-8-11-5-12(9-19)7-13(6-11)10-19)17-16(24-17)14-1-3-15(4-2-14)20(22)23/h1-4,11-13,16-17H,5-10H2/t11?,12?,13?,16-,17-,19?/m0/s1. The van der Waals surface area contributed by atoms with Crippen LogP contribution in [0, 0.1) is 33.3 Å². The minimum atomic E-state index is -0.407. The van der Waals surface area contributed by atoms with Crippen LogP contribution in [0.1, 0.15) is 50.2 Å². The maximum Gasteiger partial charge on any atom is 0.269 e. The Morgan fingerprint density at radius 3 is 2.08 bits per heavy atom. The molecule has 126 valence electrons. The predicted octanol–water partition coefficient (Wildman–Crippen LogP) is 3.82. The Labute approximate surface area is 140 Å². The number of hydrogen-bond donors (Lipinski definition) is 0. The predicted molar refractivity (Wildman–Crippen MR) is 86.3 cm³/mol. The van der Waals surface area contributed by atoms with Gasteiger partial charge in [-0.15, -0.1) is 0 Å². The van der Waals surface area contributed by atoms with Crippen molar-refractivity contribution in [2.45, 2.75) is 50.7 Å². The van der Waals surface area contributed by atoms with Crippen LogP contribution in [0.25, 0.3) is 0 Å². The molecule has 5 fully saturated rings. The molecule has 0 radical (unpaired) electrons. The molecule has 0 spiro atoms. The summed E-state index contributed by atoms with van der Waals surface area (Å²) in [7, 11) is 0. The molecule has 5 aliphatic rings. The van der Waals surface area contributed by atoms with Crippen LogP contribution in [0.4, 0.5) is 5.69 Å². The average molecular weight is 327 g/mol. The maximum absolute atomic E-state index is 13.2. The minimum Gasteiger partial charge on any atom is -0.356 e. The van der Waals surface area contributed by atoms with Gasteiger partial charge in [0, 0.05) is 17.5 Å². The van der Waals surface area contributed by atoms with Crippen LogP contribution >= 0.6 is 0 Å². The van der Waals surface area contributed by atoms with Gasteiger partial charge in [-0.05, 0) is 74.0 Å². The maximum atomic E-state index is 13.2. The summed E-state index contributed by atoms with van der Waals surface area (Å²) in [5.74, 6) is 2.55. The first-order chi connectivity index (χ1) is 11.5. The van der Waals surface area contributed by atoms with Crippen LogP contribution in [0.5, 0.6) is 0 Å². The molecule has 24 heavy (non-hydrogen) atoms. The quantitative estimate of drug-likeness (QED) is 0.479. The molecule has 1 heterocycles. The van der Waals surface area contributed by atoms with Gasteiger partial charge in [0.05, 0.1) is 4.92 Å². The summed E-state index contributed by atoms with van der Waals surface area (Å²) in [5, 5.41) is 10.8. The number of non-ortho nitro benzene ring substituents is 1. The van der Waals surface area contributed by atoms with E-state index >= 15 is 0 Å². The summed E-state index contributed by atoms with van der Waals surface area (Å²) >= 11 is 0. The Morgan fingerprint density at radius 1 is 1.04 bits per heavy atom. The second-order valence-corrected chi connectivity index (χ2v) is 8.39. The van der Waals surface area contributed by atoms with Crippen molar-refractivity contribution < 1.29 is 14.5 Å². The number of ether oxygens (including phenoxy) is 1. The number of rotatable bonds is 4. The highest BCUT2D eigenvalue weighted by Crippen LogP contribution is 2.62. The Bertz CT molecular complexity index is 675. The largest absolute Gasteiger partial charge is 0.356 e. The van der Waals surface area contributed by atoms with Crippen LogP contribution in [0.2, 0.25) is 0 Å². The van der Waals surface area contributed by atoms with Gasteiger partial charge >= 0.3 is 0 Å². The number of epoxide rings is 1. The van der Waals surface area contributed by atoms with Crippen LogP contribution in [-0.4, -0.2) is 16.8 Å². The van der Waals surface area contributed by atoms with Gasteiger partial charge < -0.3 is 4.74 Å². The second-order valence-electron chi connectivity index (χ2n) is 8.39. The van der Waals surface area contributed by atoms with Crippen molar-refractivity contribution in [3.63, 3.8) is 0 Å². The van der Waals surface area contributed by atoms with E-state index < -0.39 is 4.92 Å². The number of benzene rings is 1. The Balaban J connectivity index is 1.33. The third-order valence-electron chi connectivity index (χ3n) is 6.74. The molecule has 1 aromatic carbocycles. The normalized spacial score (nSPS) is 42.1. The van der Waals surface area contributed by atoms with E-state index in [9.17, 15) is 14.9 Å². The molecule has 0 N–H and O–H groups in total. The lowest BCUT2D eigenvalue weighted by Gasteiger charge is -2.55. The number of carbonyl (C=O) groups is 1. The fraction of sp³-hybridized carbons (Fsp3) is 0.632. The van der Waals surface area contributed by atoms with Crippen molar-refractivity contribution in [2.24, 2.45) is 23.2 Å². The monoisotopic (exact) mass is 327 g/mol. The van der Waals surface area contributed by atoms with Gasteiger partial charge in [-0.3, -0.25) is 14.9 Å². The number of nitrogens with zero attached hydrogens (tertiary/aromatic N) is 1. The van der Waals surface area contributed by atoms with Crippen LogP contribution in [-0.2, 0) is 9.53 Å². The number of hydrogen-bond acceptors (Lipinski definition) is 4. The van der Waals surface area contributed by atoms with Gasteiger partial charge in [0.15, 0.2) is 5.78 Å². The van der Waals surface area contributed by atoms with Crippen molar-refractivity contribution >= 4 is 11.5 Å². The van der Waals surface area contributed by atoms with E-state index in [2.05, 4.69) is 0 Å². The molecule has 1 saturated heterocycles. The van der Waals surface area contributed by atoms with Crippen LogP contribution < -0.4 is 0 Å². The van der Waals surface area contributed by atoms with E-state index in [0.29, 0.717) is 5.78 Å². The van der Waals surface area contributed by atoms with E-state index in [1.54, 1.807) is 12.1 Å². The average Bonchev–Trinajstić information content (AvgIpc) is 3.33. The van der Waals surface area contributed by atoms with Gasteiger partial charge in [0.1, 0.15) is 12.2 Å². The fourth-order valence-corrected chi connectivity index (χ4v) is 6.07. The van der Waals surface area contributed by atoms with E-state index in [0.717, 1.165) is 42.6 Å². The molecule has 5 nitrogen and oxygen atoms in total. The third-order valence-corrected chi connectivity index (χ3v) is 6.74. The topological polar surface area (TPSA) is 72.7 Å². The highest BCUT2D eigenvalue weighted by molar-refractivity contribution is 5.92. The molecule has 4 bridgehead atoms. The van der Waals surface area contributed by atoms with Gasteiger partial charge in [-0.1, -0.05) is 0 Å². The smallest absolute Gasteiger partial charge is 0.269 e. The second kappa shape index (κ2) is 4.88. The van der Waals surface area contributed by atoms with Gasteiger partial charge in [-0.25, -0.2) is 0 Å². The summed E-state index contributed by atoms with van der Waals surface area (Å²) in [5.41, 5.74) is 0.821. The molecule has 0 amide bonds. The van der Waals surface area contributed by atoms with Gasteiger partial charge in [-0.2, -0.15) is 0 Å².